The molecule has 7 heteroatoms. The summed E-state index contributed by atoms with van der Waals surface area (Å²) < 4.78 is 17.5. The molecule has 0 aliphatic rings. The Hall–Kier alpha value is -0.733. The van der Waals surface area contributed by atoms with E-state index in [1.165, 1.54) is 0 Å². The Morgan fingerprint density at radius 1 is 1.05 bits per heavy atom. The number of nitrogens with zero attached hydrogens (tertiary/aromatic N) is 1. The van der Waals surface area contributed by atoms with E-state index in [0.29, 0.717) is 19.8 Å². The smallest absolute Gasteiger partial charge is 0.374 e. The molecule has 0 bridgehead atoms. The summed E-state index contributed by atoms with van der Waals surface area (Å²) in [5, 5.41) is 3.46. The van der Waals surface area contributed by atoms with Crippen molar-refractivity contribution in [1.29, 1.82) is 0 Å². The van der Waals surface area contributed by atoms with Gasteiger partial charge in [-0.25, -0.2) is 4.98 Å². The predicted molar refractivity (Wildman–Crippen MR) is 89.8 cm³/mol. The maximum atomic E-state index is 5.84. The molecular formula is C15H31N3O3Si. The molecule has 0 atom stereocenters. The fraction of sp³-hybridized carbons (Fsp3) is 0.800. The summed E-state index contributed by atoms with van der Waals surface area (Å²) in [4.78, 5) is 7.33. The van der Waals surface area contributed by atoms with Gasteiger partial charge in [-0.2, -0.15) is 0 Å². The second-order valence-electron chi connectivity index (χ2n) is 4.98. The molecule has 1 heterocycles. The van der Waals surface area contributed by atoms with Crippen molar-refractivity contribution < 1.29 is 13.3 Å². The van der Waals surface area contributed by atoms with Crippen LogP contribution in [-0.2, 0) is 19.7 Å². The summed E-state index contributed by atoms with van der Waals surface area (Å²) in [5.74, 6) is 1.05. The first-order valence-corrected chi connectivity index (χ1v) is 10.3. The summed E-state index contributed by atoms with van der Waals surface area (Å²) in [7, 11) is -2.46. The molecule has 0 unspecified atom stereocenters. The molecule has 0 aliphatic heterocycles. The molecule has 0 amide bonds. The van der Waals surface area contributed by atoms with Crippen LogP contribution in [0.5, 0.6) is 0 Å². The molecule has 22 heavy (non-hydrogen) atoms. The van der Waals surface area contributed by atoms with E-state index in [1.54, 1.807) is 6.20 Å². The Morgan fingerprint density at radius 3 is 2.23 bits per heavy atom. The van der Waals surface area contributed by atoms with Crippen molar-refractivity contribution >= 4 is 8.80 Å². The van der Waals surface area contributed by atoms with Crippen molar-refractivity contribution in [3.05, 3.63) is 18.2 Å². The van der Waals surface area contributed by atoms with Gasteiger partial charge < -0.3 is 23.6 Å². The van der Waals surface area contributed by atoms with E-state index < -0.39 is 8.80 Å². The maximum Gasteiger partial charge on any atom is 0.500 e. The number of nitrogens with one attached hydrogen (secondary N) is 2. The van der Waals surface area contributed by atoms with Crippen LogP contribution < -0.4 is 5.32 Å². The normalized spacial score (nSPS) is 12.0. The zero-order chi connectivity index (χ0) is 16.1. The minimum Gasteiger partial charge on any atom is -0.374 e. The molecule has 6 nitrogen and oxygen atoms in total. The molecular weight excluding hydrogens is 298 g/mol. The van der Waals surface area contributed by atoms with Gasteiger partial charge in [0.2, 0.25) is 0 Å². The number of rotatable bonds is 14. The van der Waals surface area contributed by atoms with Crippen LogP contribution in [0.4, 0.5) is 0 Å². The van der Waals surface area contributed by atoms with E-state index in [9.17, 15) is 0 Å². The van der Waals surface area contributed by atoms with Crippen molar-refractivity contribution in [2.45, 2.75) is 46.1 Å². The van der Waals surface area contributed by atoms with Crippen LogP contribution in [-0.4, -0.2) is 51.7 Å². The minimum atomic E-state index is -2.46. The summed E-state index contributed by atoms with van der Waals surface area (Å²) in [6.45, 7) is 9.85. The molecule has 1 rings (SSSR count). The first-order valence-electron chi connectivity index (χ1n) is 8.37. The number of aromatic nitrogens is 2. The zero-order valence-corrected chi connectivity index (χ0v) is 15.2. The molecule has 0 radical (unpaired) electrons. The highest BCUT2D eigenvalue weighted by Gasteiger charge is 2.39. The number of imidazole rings is 1. The van der Waals surface area contributed by atoms with E-state index in [0.717, 1.165) is 44.2 Å². The number of hydrogen-bond donors (Lipinski definition) is 2. The third-order valence-electron chi connectivity index (χ3n) is 3.25. The average molecular weight is 330 g/mol. The van der Waals surface area contributed by atoms with Crippen LogP contribution >= 0.6 is 0 Å². The lowest BCUT2D eigenvalue weighted by molar-refractivity contribution is 0.0708. The number of aromatic amines is 1. The molecule has 2 N–H and O–H groups in total. The monoisotopic (exact) mass is 329 g/mol. The highest BCUT2D eigenvalue weighted by molar-refractivity contribution is 6.60. The number of H-pyrrole nitrogens is 1. The third-order valence-corrected chi connectivity index (χ3v) is 6.40. The predicted octanol–water partition coefficient (Wildman–Crippen LogP) is 2.37. The SMILES string of the molecule is CCO[Si](CCCNCCCc1ncc[nH]1)(OCC)OCC. The van der Waals surface area contributed by atoms with E-state index >= 15 is 0 Å². The first kappa shape index (κ1) is 19.3. The molecule has 128 valence electrons. The minimum absolute atomic E-state index is 0.642. The summed E-state index contributed by atoms with van der Waals surface area (Å²) in [5.41, 5.74) is 0. The van der Waals surface area contributed by atoms with Crippen molar-refractivity contribution in [2.24, 2.45) is 0 Å². The molecule has 0 aromatic carbocycles. The van der Waals surface area contributed by atoms with Crippen LogP contribution in [0, 0.1) is 0 Å². The summed E-state index contributed by atoms with van der Waals surface area (Å²) >= 11 is 0. The molecule has 0 aliphatic carbocycles. The van der Waals surface area contributed by atoms with Crippen molar-refractivity contribution in [2.75, 3.05) is 32.9 Å². The van der Waals surface area contributed by atoms with Crippen LogP contribution in [0.1, 0.15) is 39.4 Å². The van der Waals surface area contributed by atoms with Crippen LogP contribution in [0.2, 0.25) is 6.04 Å². The molecule has 1 aromatic heterocycles. The highest BCUT2D eigenvalue weighted by Crippen LogP contribution is 2.17. The van der Waals surface area contributed by atoms with Gasteiger partial charge >= 0.3 is 8.80 Å². The van der Waals surface area contributed by atoms with E-state index in [4.69, 9.17) is 13.3 Å². The molecule has 0 saturated carbocycles. The Morgan fingerprint density at radius 2 is 1.68 bits per heavy atom. The lowest BCUT2D eigenvalue weighted by Gasteiger charge is -2.28. The number of hydrogen-bond acceptors (Lipinski definition) is 5. The van der Waals surface area contributed by atoms with Gasteiger partial charge in [-0.05, 0) is 46.7 Å². The first-order chi connectivity index (χ1) is 10.8. The summed E-state index contributed by atoms with van der Waals surface area (Å²) in [6.07, 6.45) is 6.73. The van der Waals surface area contributed by atoms with Gasteiger partial charge in [0.1, 0.15) is 5.82 Å². The number of aryl methyl sites for hydroxylation is 1. The highest BCUT2D eigenvalue weighted by atomic mass is 28.4. The van der Waals surface area contributed by atoms with Crippen molar-refractivity contribution in [3.8, 4) is 0 Å². The Bertz CT molecular complexity index is 346. The second-order valence-corrected chi connectivity index (χ2v) is 7.71. The van der Waals surface area contributed by atoms with Gasteiger partial charge in [0.05, 0.1) is 0 Å². The third kappa shape index (κ3) is 7.51. The van der Waals surface area contributed by atoms with E-state index in [-0.39, 0.29) is 0 Å². The van der Waals surface area contributed by atoms with E-state index in [2.05, 4.69) is 15.3 Å². The Kier molecular flexibility index (Phi) is 10.3. The largest absolute Gasteiger partial charge is 0.500 e. The average Bonchev–Trinajstić information content (AvgIpc) is 3.00. The molecule has 0 fully saturated rings. The zero-order valence-electron chi connectivity index (χ0n) is 14.2. The Balaban J connectivity index is 2.15. The lowest BCUT2D eigenvalue weighted by Crippen LogP contribution is -2.46. The quantitative estimate of drug-likeness (QED) is 0.405. The topological polar surface area (TPSA) is 68.4 Å². The molecule has 0 spiro atoms. The van der Waals surface area contributed by atoms with Gasteiger partial charge in [-0.1, -0.05) is 0 Å². The van der Waals surface area contributed by atoms with Crippen LogP contribution in [0.25, 0.3) is 0 Å². The molecule has 1 aromatic rings. The van der Waals surface area contributed by atoms with Gasteiger partial charge in [0, 0.05) is 44.7 Å². The summed E-state index contributed by atoms with van der Waals surface area (Å²) in [6, 6.07) is 0.869. The molecule has 0 saturated heterocycles. The second kappa shape index (κ2) is 11.8. The van der Waals surface area contributed by atoms with Crippen molar-refractivity contribution in [1.82, 2.24) is 15.3 Å². The van der Waals surface area contributed by atoms with Crippen LogP contribution in [0.3, 0.4) is 0 Å². The fourth-order valence-electron chi connectivity index (χ4n) is 2.37. The van der Waals surface area contributed by atoms with Crippen molar-refractivity contribution in [3.63, 3.8) is 0 Å². The fourth-order valence-corrected chi connectivity index (χ4v) is 4.98. The lowest BCUT2D eigenvalue weighted by atomic mass is 10.3. The van der Waals surface area contributed by atoms with Crippen LogP contribution in [0.15, 0.2) is 12.4 Å². The standard InChI is InChI=1S/C15H31N3O3Si/c1-4-19-22(20-5-2,21-6-3)14-8-11-16-10-7-9-15-17-12-13-18-15/h12-13,16H,4-11,14H2,1-3H3,(H,17,18). The van der Waals surface area contributed by atoms with Gasteiger partial charge in [-0.3, -0.25) is 0 Å². The van der Waals surface area contributed by atoms with E-state index in [1.807, 2.05) is 27.0 Å². The van der Waals surface area contributed by atoms with Gasteiger partial charge in [0.25, 0.3) is 0 Å². The Labute approximate surface area is 135 Å². The van der Waals surface area contributed by atoms with Gasteiger partial charge in [0.15, 0.2) is 0 Å². The maximum absolute atomic E-state index is 5.84. The van der Waals surface area contributed by atoms with Gasteiger partial charge in [-0.15, -0.1) is 0 Å².